The first-order valence-electron chi connectivity index (χ1n) is 10.8. The summed E-state index contributed by atoms with van der Waals surface area (Å²) in [6, 6.07) is 7.51. The van der Waals surface area contributed by atoms with Gasteiger partial charge in [0, 0.05) is 18.8 Å². The van der Waals surface area contributed by atoms with E-state index in [-0.39, 0.29) is 12.5 Å². The zero-order valence-corrected chi connectivity index (χ0v) is 18.9. The van der Waals surface area contributed by atoms with Crippen molar-refractivity contribution in [2.75, 3.05) is 5.32 Å². The monoisotopic (exact) mass is 425 g/mol. The highest BCUT2D eigenvalue weighted by molar-refractivity contribution is 5.90. The Morgan fingerprint density at radius 2 is 1.65 bits per heavy atom. The molecule has 0 saturated carbocycles. The number of benzene rings is 1. The standard InChI is InChI=1S/C23H31N5O3/c1-6-17-7-9-18(10-8-17)25-19(29)13-28-22(30)20-21(24-14-26(20)11-15(2)3)27(23(28)31)12-16(4)5/h7-10,14-16H,6,11-13H2,1-5H3,(H,25,29). The maximum atomic E-state index is 13.2. The van der Waals surface area contributed by atoms with Crippen molar-refractivity contribution in [1.82, 2.24) is 18.7 Å². The first kappa shape index (κ1) is 22.5. The van der Waals surface area contributed by atoms with E-state index in [0.717, 1.165) is 16.6 Å². The summed E-state index contributed by atoms with van der Waals surface area (Å²) >= 11 is 0. The molecule has 0 aliphatic carbocycles. The summed E-state index contributed by atoms with van der Waals surface area (Å²) in [6.45, 7) is 10.8. The maximum absolute atomic E-state index is 13.2. The number of rotatable bonds is 8. The van der Waals surface area contributed by atoms with E-state index < -0.39 is 17.2 Å². The summed E-state index contributed by atoms with van der Waals surface area (Å²) in [7, 11) is 0. The molecular formula is C23H31N5O3. The molecule has 166 valence electrons. The summed E-state index contributed by atoms with van der Waals surface area (Å²) in [4.78, 5) is 43.4. The van der Waals surface area contributed by atoms with Crippen LogP contribution in [-0.2, 0) is 30.8 Å². The summed E-state index contributed by atoms with van der Waals surface area (Å²) in [6.07, 6.45) is 2.51. The number of carbonyl (C=O) groups is 1. The van der Waals surface area contributed by atoms with Crippen LogP contribution in [0, 0.1) is 11.8 Å². The van der Waals surface area contributed by atoms with Gasteiger partial charge in [-0.3, -0.25) is 14.2 Å². The molecule has 2 aromatic heterocycles. The highest BCUT2D eigenvalue weighted by Crippen LogP contribution is 2.12. The van der Waals surface area contributed by atoms with Crippen LogP contribution in [0.5, 0.6) is 0 Å². The molecule has 1 N–H and O–H groups in total. The van der Waals surface area contributed by atoms with E-state index in [1.165, 1.54) is 4.57 Å². The van der Waals surface area contributed by atoms with Gasteiger partial charge in [-0.25, -0.2) is 14.3 Å². The third-order valence-electron chi connectivity index (χ3n) is 5.04. The molecule has 0 aliphatic heterocycles. The zero-order valence-electron chi connectivity index (χ0n) is 18.9. The Balaban J connectivity index is 2.02. The normalized spacial score (nSPS) is 11.6. The smallest absolute Gasteiger partial charge is 0.325 e. The molecule has 31 heavy (non-hydrogen) atoms. The lowest BCUT2D eigenvalue weighted by molar-refractivity contribution is -0.116. The van der Waals surface area contributed by atoms with Crippen molar-refractivity contribution in [2.24, 2.45) is 11.8 Å². The Morgan fingerprint density at radius 1 is 1.00 bits per heavy atom. The molecule has 1 amide bonds. The average Bonchev–Trinajstić information content (AvgIpc) is 3.11. The van der Waals surface area contributed by atoms with Gasteiger partial charge in [0.25, 0.3) is 5.56 Å². The molecule has 0 aliphatic rings. The lowest BCUT2D eigenvalue weighted by Gasteiger charge is -2.14. The molecule has 0 radical (unpaired) electrons. The van der Waals surface area contributed by atoms with Gasteiger partial charge in [-0.15, -0.1) is 0 Å². The van der Waals surface area contributed by atoms with Crippen LogP contribution in [0.3, 0.4) is 0 Å². The van der Waals surface area contributed by atoms with E-state index in [4.69, 9.17) is 0 Å². The van der Waals surface area contributed by atoms with Crippen molar-refractivity contribution in [3.8, 4) is 0 Å². The number of nitrogens with one attached hydrogen (secondary N) is 1. The second-order valence-electron chi connectivity index (χ2n) is 8.74. The van der Waals surface area contributed by atoms with Gasteiger partial charge in [0.05, 0.1) is 6.33 Å². The Labute approximate surface area is 181 Å². The van der Waals surface area contributed by atoms with E-state index in [1.807, 2.05) is 52.0 Å². The van der Waals surface area contributed by atoms with Crippen molar-refractivity contribution in [3.05, 3.63) is 57.0 Å². The lowest BCUT2D eigenvalue weighted by atomic mass is 10.1. The van der Waals surface area contributed by atoms with Crippen LogP contribution in [-0.4, -0.2) is 24.6 Å². The number of amides is 1. The fraction of sp³-hybridized carbons (Fsp3) is 0.478. The largest absolute Gasteiger partial charge is 0.333 e. The molecule has 0 bridgehead atoms. The molecule has 2 heterocycles. The van der Waals surface area contributed by atoms with E-state index in [2.05, 4.69) is 17.2 Å². The Kier molecular flexibility index (Phi) is 6.77. The summed E-state index contributed by atoms with van der Waals surface area (Å²) in [5.74, 6) is 0.0481. The molecule has 1 aromatic carbocycles. The van der Waals surface area contributed by atoms with Gasteiger partial charge in [-0.2, -0.15) is 0 Å². The quantitative estimate of drug-likeness (QED) is 0.601. The summed E-state index contributed by atoms with van der Waals surface area (Å²) in [5, 5.41) is 2.78. The first-order chi connectivity index (χ1) is 14.7. The average molecular weight is 426 g/mol. The minimum Gasteiger partial charge on any atom is -0.325 e. The Bertz CT molecular complexity index is 1180. The van der Waals surface area contributed by atoms with E-state index in [9.17, 15) is 14.4 Å². The molecule has 0 atom stereocenters. The molecule has 0 fully saturated rings. The topological polar surface area (TPSA) is 90.9 Å². The molecule has 8 nitrogen and oxygen atoms in total. The lowest BCUT2D eigenvalue weighted by Crippen LogP contribution is -2.43. The number of hydrogen-bond donors (Lipinski definition) is 1. The van der Waals surface area contributed by atoms with Crippen LogP contribution in [0.4, 0.5) is 5.69 Å². The number of aromatic nitrogens is 4. The van der Waals surface area contributed by atoms with Crippen molar-refractivity contribution in [1.29, 1.82) is 0 Å². The van der Waals surface area contributed by atoms with Crippen LogP contribution in [0.15, 0.2) is 40.2 Å². The molecule has 0 saturated heterocycles. The molecule has 8 heteroatoms. The highest BCUT2D eigenvalue weighted by Gasteiger charge is 2.20. The van der Waals surface area contributed by atoms with Crippen molar-refractivity contribution < 1.29 is 4.79 Å². The van der Waals surface area contributed by atoms with Gasteiger partial charge in [0.1, 0.15) is 6.54 Å². The van der Waals surface area contributed by atoms with Crippen LogP contribution in [0.25, 0.3) is 11.2 Å². The van der Waals surface area contributed by atoms with Gasteiger partial charge in [0.2, 0.25) is 5.91 Å². The molecule has 0 unspecified atom stereocenters. The maximum Gasteiger partial charge on any atom is 0.333 e. The zero-order chi connectivity index (χ0) is 22.7. The van der Waals surface area contributed by atoms with Crippen molar-refractivity contribution >= 4 is 22.8 Å². The van der Waals surface area contributed by atoms with Gasteiger partial charge < -0.3 is 9.88 Å². The number of aryl methyl sites for hydroxylation is 1. The summed E-state index contributed by atoms with van der Waals surface area (Å²) < 4.78 is 4.29. The minimum atomic E-state index is -0.516. The third-order valence-corrected chi connectivity index (χ3v) is 5.04. The van der Waals surface area contributed by atoms with Gasteiger partial charge in [-0.1, -0.05) is 46.8 Å². The number of fused-ring (bicyclic) bond motifs is 1. The van der Waals surface area contributed by atoms with Crippen LogP contribution in [0.1, 0.15) is 40.2 Å². The van der Waals surface area contributed by atoms with Gasteiger partial charge >= 0.3 is 5.69 Å². The molecular weight excluding hydrogens is 394 g/mol. The van der Waals surface area contributed by atoms with E-state index in [1.54, 1.807) is 10.9 Å². The number of anilines is 1. The third kappa shape index (κ3) is 4.95. The number of hydrogen-bond acceptors (Lipinski definition) is 4. The fourth-order valence-corrected chi connectivity index (χ4v) is 3.61. The number of imidazole rings is 1. The van der Waals surface area contributed by atoms with Gasteiger partial charge in [0.15, 0.2) is 11.2 Å². The van der Waals surface area contributed by atoms with Crippen LogP contribution >= 0.6 is 0 Å². The predicted octanol–water partition coefficient (Wildman–Crippen LogP) is 2.87. The van der Waals surface area contributed by atoms with Crippen molar-refractivity contribution in [2.45, 2.75) is 60.7 Å². The molecule has 3 rings (SSSR count). The second kappa shape index (κ2) is 9.32. The van der Waals surface area contributed by atoms with Crippen LogP contribution < -0.4 is 16.6 Å². The fourth-order valence-electron chi connectivity index (χ4n) is 3.61. The molecule has 3 aromatic rings. The highest BCUT2D eigenvalue weighted by atomic mass is 16.2. The van der Waals surface area contributed by atoms with Crippen LogP contribution in [0.2, 0.25) is 0 Å². The minimum absolute atomic E-state index is 0.174. The SMILES string of the molecule is CCc1ccc(NC(=O)Cn2c(=O)c3c(ncn3CC(C)C)n(CC(C)C)c2=O)cc1. The van der Waals surface area contributed by atoms with E-state index in [0.29, 0.717) is 35.9 Å². The molecule has 0 spiro atoms. The summed E-state index contributed by atoms with van der Waals surface area (Å²) in [5.41, 5.74) is 1.51. The number of nitrogens with zero attached hydrogens (tertiary/aromatic N) is 4. The first-order valence-corrected chi connectivity index (χ1v) is 10.8. The second-order valence-corrected chi connectivity index (χ2v) is 8.74. The Morgan fingerprint density at radius 3 is 2.23 bits per heavy atom. The van der Waals surface area contributed by atoms with Gasteiger partial charge in [-0.05, 0) is 36.0 Å². The number of carbonyl (C=O) groups excluding carboxylic acids is 1. The Hall–Kier alpha value is -3.16. The predicted molar refractivity (Wildman–Crippen MR) is 122 cm³/mol. The van der Waals surface area contributed by atoms with Crippen molar-refractivity contribution in [3.63, 3.8) is 0 Å². The van der Waals surface area contributed by atoms with E-state index >= 15 is 0 Å².